The fourth-order valence-electron chi connectivity index (χ4n) is 6.45. The van der Waals surface area contributed by atoms with Crippen molar-refractivity contribution in [3.63, 3.8) is 0 Å². The Labute approximate surface area is 238 Å². The van der Waals surface area contributed by atoms with Crippen molar-refractivity contribution in [2.24, 2.45) is 0 Å². The minimum absolute atomic E-state index is 0.218. The normalized spacial score (nSPS) is 13.8. The van der Waals surface area contributed by atoms with Crippen LogP contribution in [0.25, 0.3) is 55.3 Å². The lowest BCUT2D eigenvalue weighted by atomic mass is 9.91. The topological polar surface area (TPSA) is 23.9 Å². The zero-order valence-electron chi connectivity index (χ0n) is 22.2. The number of hydrogen-bond acceptors (Lipinski definition) is 1. The second-order valence-corrected chi connectivity index (χ2v) is 10.6. The van der Waals surface area contributed by atoms with Crippen molar-refractivity contribution in [1.82, 2.24) is 0 Å². The first kappa shape index (κ1) is 23.5. The van der Waals surface area contributed by atoms with Crippen molar-refractivity contribution in [1.29, 1.82) is 5.41 Å². The SMILES string of the molecule is N=C1C(c2ccc(-c3ccccc3)cc2)=C2C(=C1c1ccc(-c3ccccc3)cc1)c1ccc(F)c3cccc2c13. The first-order valence-electron chi connectivity index (χ1n) is 13.8. The highest BCUT2D eigenvalue weighted by Gasteiger charge is 2.38. The summed E-state index contributed by atoms with van der Waals surface area (Å²) in [6.07, 6.45) is 0. The van der Waals surface area contributed by atoms with Gasteiger partial charge in [0.1, 0.15) is 5.82 Å². The van der Waals surface area contributed by atoms with Gasteiger partial charge in [0.05, 0.1) is 5.71 Å². The summed E-state index contributed by atoms with van der Waals surface area (Å²) in [6, 6.07) is 46.9. The molecule has 0 amide bonds. The Morgan fingerprint density at radius 2 is 0.805 bits per heavy atom. The van der Waals surface area contributed by atoms with Gasteiger partial charge in [0.15, 0.2) is 0 Å². The van der Waals surface area contributed by atoms with Gasteiger partial charge in [-0.25, -0.2) is 4.39 Å². The molecule has 0 spiro atoms. The van der Waals surface area contributed by atoms with Crippen LogP contribution in [-0.2, 0) is 0 Å². The number of allylic oxidation sites excluding steroid dienone is 4. The molecule has 8 rings (SSSR count). The number of fused-ring (bicyclic) bond motifs is 3. The van der Waals surface area contributed by atoms with Crippen LogP contribution < -0.4 is 0 Å². The second kappa shape index (κ2) is 9.11. The molecular formula is C39H24FN. The largest absolute Gasteiger partial charge is 0.300 e. The van der Waals surface area contributed by atoms with Crippen LogP contribution in [0.4, 0.5) is 4.39 Å². The fraction of sp³-hybridized carbons (Fsp3) is 0. The summed E-state index contributed by atoms with van der Waals surface area (Å²) in [5.41, 5.74) is 12.9. The molecule has 0 saturated heterocycles. The maximum atomic E-state index is 15.0. The zero-order chi connectivity index (χ0) is 27.5. The summed E-state index contributed by atoms with van der Waals surface area (Å²) >= 11 is 0. The first-order chi connectivity index (χ1) is 20.2. The van der Waals surface area contributed by atoms with Crippen LogP contribution >= 0.6 is 0 Å². The number of nitrogens with one attached hydrogen (secondary N) is 1. The molecule has 0 heterocycles. The molecular weight excluding hydrogens is 501 g/mol. The summed E-state index contributed by atoms with van der Waals surface area (Å²) in [6.45, 7) is 0. The van der Waals surface area contributed by atoms with Gasteiger partial charge in [-0.1, -0.05) is 133 Å². The maximum Gasteiger partial charge on any atom is 0.131 e. The molecule has 0 aliphatic heterocycles. The Hall–Kier alpha value is -5.34. The predicted molar refractivity (Wildman–Crippen MR) is 169 cm³/mol. The second-order valence-electron chi connectivity index (χ2n) is 10.6. The van der Waals surface area contributed by atoms with E-state index in [2.05, 4.69) is 78.9 Å². The Morgan fingerprint density at radius 1 is 0.366 bits per heavy atom. The van der Waals surface area contributed by atoms with E-state index >= 15 is 4.39 Å². The van der Waals surface area contributed by atoms with Gasteiger partial charge in [-0.15, -0.1) is 0 Å². The van der Waals surface area contributed by atoms with Gasteiger partial charge >= 0.3 is 0 Å². The summed E-state index contributed by atoms with van der Waals surface area (Å²) in [5, 5.41) is 11.1. The van der Waals surface area contributed by atoms with E-state index in [1.54, 1.807) is 6.07 Å². The minimum Gasteiger partial charge on any atom is -0.300 e. The minimum atomic E-state index is -0.218. The van der Waals surface area contributed by atoms with E-state index in [4.69, 9.17) is 0 Å². The molecule has 0 radical (unpaired) electrons. The van der Waals surface area contributed by atoms with E-state index in [0.29, 0.717) is 11.1 Å². The number of halogens is 1. The Bertz CT molecular complexity index is 1950. The van der Waals surface area contributed by atoms with Crippen LogP contribution in [0.1, 0.15) is 22.3 Å². The van der Waals surface area contributed by atoms with Crippen LogP contribution in [-0.4, -0.2) is 5.71 Å². The monoisotopic (exact) mass is 525 g/mol. The molecule has 0 unspecified atom stereocenters. The highest BCUT2D eigenvalue weighted by molar-refractivity contribution is 6.62. The quantitative estimate of drug-likeness (QED) is 0.237. The zero-order valence-corrected chi connectivity index (χ0v) is 22.2. The fourth-order valence-corrected chi connectivity index (χ4v) is 6.45. The summed E-state index contributed by atoms with van der Waals surface area (Å²) in [7, 11) is 0. The van der Waals surface area contributed by atoms with E-state index < -0.39 is 0 Å². The van der Waals surface area contributed by atoms with E-state index in [-0.39, 0.29) is 5.82 Å². The van der Waals surface area contributed by atoms with E-state index in [0.717, 1.165) is 72.2 Å². The molecule has 0 saturated carbocycles. The van der Waals surface area contributed by atoms with Gasteiger partial charge in [-0.05, 0) is 50.6 Å². The lowest BCUT2D eigenvalue weighted by Gasteiger charge is -2.13. The Balaban J connectivity index is 1.32. The molecule has 1 nitrogen and oxygen atoms in total. The third-order valence-electron chi connectivity index (χ3n) is 8.34. The van der Waals surface area contributed by atoms with E-state index in [1.807, 2.05) is 54.6 Å². The van der Waals surface area contributed by atoms with Gasteiger partial charge in [-0.2, -0.15) is 0 Å². The molecule has 0 fully saturated rings. The molecule has 2 aliphatic rings. The average Bonchev–Trinajstić information content (AvgIpc) is 3.51. The lowest BCUT2D eigenvalue weighted by molar-refractivity contribution is 0.640. The molecule has 6 aromatic rings. The van der Waals surface area contributed by atoms with Gasteiger partial charge in [0.25, 0.3) is 0 Å². The first-order valence-corrected chi connectivity index (χ1v) is 13.8. The molecule has 6 aromatic carbocycles. The van der Waals surface area contributed by atoms with Crippen molar-refractivity contribution in [2.75, 3.05) is 0 Å². The van der Waals surface area contributed by atoms with Gasteiger partial charge < -0.3 is 0 Å². The van der Waals surface area contributed by atoms with Gasteiger partial charge in [0.2, 0.25) is 0 Å². The van der Waals surface area contributed by atoms with Crippen molar-refractivity contribution in [3.8, 4) is 22.3 Å². The third kappa shape index (κ3) is 3.58. The van der Waals surface area contributed by atoms with Crippen LogP contribution in [0.15, 0.2) is 140 Å². The predicted octanol–water partition coefficient (Wildman–Crippen LogP) is 10.2. The number of rotatable bonds is 4. The van der Waals surface area contributed by atoms with Gasteiger partial charge in [0, 0.05) is 33.1 Å². The smallest absolute Gasteiger partial charge is 0.131 e. The molecule has 0 atom stereocenters. The number of benzene rings is 6. The molecule has 2 heteroatoms. The van der Waals surface area contributed by atoms with E-state index in [1.165, 1.54) is 0 Å². The lowest BCUT2D eigenvalue weighted by Crippen LogP contribution is -2.02. The summed E-state index contributed by atoms with van der Waals surface area (Å²) < 4.78 is 15.0. The molecule has 2 aliphatic carbocycles. The van der Waals surface area contributed by atoms with Crippen molar-refractivity contribution >= 4 is 38.8 Å². The van der Waals surface area contributed by atoms with Gasteiger partial charge in [-0.3, -0.25) is 5.41 Å². The third-order valence-corrected chi connectivity index (χ3v) is 8.34. The summed E-state index contributed by atoms with van der Waals surface area (Å²) in [4.78, 5) is 0. The molecule has 1 N–H and O–H groups in total. The highest BCUT2D eigenvalue weighted by atomic mass is 19.1. The van der Waals surface area contributed by atoms with Crippen LogP contribution in [0.5, 0.6) is 0 Å². The maximum absolute atomic E-state index is 15.0. The summed E-state index contributed by atoms with van der Waals surface area (Å²) in [5.74, 6) is -0.218. The van der Waals surface area contributed by atoms with Crippen molar-refractivity contribution < 1.29 is 4.39 Å². The highest BCUT2D eigenvalue weighted by Crippen LogP contribution is 2.57. The van der Waals surface area contributed by atoms with E-state index in [9.17, 15) is 5.41 Å². The van der Waals surface area contributed by atoms with Crippen molar-refractivity contribution in [3.05, 3.63) is 168 Å². The molecule has 0 bridgehead atoms. The number of hydrogen-bond donors (Lipinski definition) is 1. The molecule has 41 heavy (non-hydrogen) atoms. The van der Waals surface area contributed by atoms with Crippen LogP contribution in [0.2, 0.25) is 0 Å². The average molecular weight is 526 g/mol. The van der Waals surface area contributed by atoms with Crippen LogP contribution in [0.3, 0.4) is 0 Å². The molecule has 192 valence electrons. The Kier molecular flexibility index (Phi) is 5.23. The molecule has 0 aromatic heterocycles. The Morgan fingerprint density at radius 3 is 1.32 bits per heavy atom. The van der Waals surface area contributed by atoms with Crippen LogP contribution in [0, 0.1) is 11.2 Å². The van der Waals surface area contributed by atoms with Crippen molar-refractivity contribution in [2.45, 2.75) is 0 Å². The standard InChI is InChI=1S/C39H24FN/c40-33-23-22-32-36-30(33)12-7-13-31(36)37-34(28-18-14-26(15-19-28)24-8-3-1-4-9-24)39(41)35(38(32)37)29-20-16-27(17-21-29)25-10-5-2-6-11-25/h1-23,41H.